The van der Waals surface area contributed by atoms with Gasteiger partial charge in [0.05, 0.1) is 13.4 Å². The number of hydrogen-bond acceptors (Lipinski definition) is 2. The summed E-state index contributed by atoms with van der Waals surface area (Å²) in [5.74, 6) is 0. The summed E-state index contributed by atoms with van der Waals surface area (Å²) in [6, 6.07) is 0. The monoisotopic (exact) mass is 149 g/mol. The van der Waals surface area contributed by atoms with Crippen molar-refractivity contribution in [3.63, 3.8) is 0 Å². The molecule has 0 aliphatic carbocycles. The van der Waals surface area contributed by atoms with Crippen molar-refractivity contribution in [3.05, 3.63) is 18.9 Å². The third-order valence-electron chi connectivity index (χ3n) is 1.65. The number of hydrogen-bond donors (Lipinski definition) is 0. The fourth-order valence-electron chi connectivity index (χ4n) is 1.05. The van der Waals surface area contributed by atoms with E-state index in [1.165, 1.54) is 0 Å². The molecular formula is C7H9N4+. The molecule has 2 heterocycles. The van der Waals surface area contributed by atoms with Gasteiger partial charge in [0.15, 0.2) is 5.52 Å². The first kappa shape index (κ1) is 6.27. The number of aryl methyl sites for hydroxylation is 2. The zero-order valence-electron chi connectivity index (χ0n) is 6.52. The second-order valence-corrected chi connectivity index (χ2v) is 2.60. The van der Waals surface area contributed by atoms with Crippen LogP contribution in [0.15, 0.2) is 18.9 Å². The Morgan fingerprint density at radius 1 is 1.45 bits per heavy atom. The zero-order valence-corrected chi connectivity index (χ0v) is 6.52. The van der Waals surface area contributed by atoms with E-state index >= 15 is 0 Å². The molecular weight excluding hydrogens is 140 g/mol. The molecule has 0 aliphatic heterocycles. The van der Waals surface area contributed by atoms with E-state index in [4.69, 9.17) is 0 Å². The largest absolute Gasteiger partial charge is 0.327 e. The molecule has 0 saturated heterocycles. The van der Waals surface area contributed by atoms with Crippen LogP contribution in [0.3, 0.4) is 0 Å². The molecule has 4 heteroatoms. The minimum absolute atomic E-state index is 0.797. The summed E-state index contributed by atoms with van der Waals surface area (Å²) in [6.07, 6.45) is 5.50. The summed E-state index contributed by atoms with van der Waals surface area (Å²) in [7, 11) is 3.90. The van der Waals surface area contributed by atoms with E-state index in [1.807, 2.05) is 29.4 Å². The van der Waals surface area contributed by atoms with Crippen LogP contribution in [0.5, 0.6) is 0 Å². The van der Waals surface area contributed by atoms with Crippen molar-refractivity contribution in [3.8, 4) is 0 Å². The van der Waals surface area contributed by atoms with Crippen LogP contribution in [-0.2, 0) is 14.1 Å². The van der Waals surface area contributed by atoms with Gasteiger partial charge in [-0.05, 0) is 4.98 Å². The Labute approximate surface area is 64.1 Å². The van der Waals surface area contributed by atoms with E-state index in [0.29, 0.717) is 0 Å². The van der Waals surface area contributed by atoms with Gasteiger partial charge in [0.2, 0.25) is 0 Å². The van der Waals surface area contributed by atoms with Gasteiger partial charge in [-0.2, -0.15) is 4.98 Å². The summed E-state index contributed by atoms with van der Waals surface area (Å²) in [5.41, 5.74) is 1.85. The molecule has 0 unspecified atom stereocenters. The average Bonchev–Trinajstić information content (AvgIpc) is 2.33. The Kier molecular flexibility index (Phi) is 1.15. The predicted octanol–water partition coefficient (Wildman–Crippen LogP) is -0.207. The molecule has 0 spiro atoms. The maximum Gasteiger partial charge on any atom is 0.295 e. The molecule has 0 bridgehead atoms. The van der Waals surface area contributed by atoms with Crippen molar-refractivity contribution < 1.29 is 4.57 Å². The van der Waals surface area contributed by atoms with E-state index in [9.17, 15) is 0 Å². The summed E-state index contributed by atoms with van der Waals surface area (Å²) in [6.45, 7) is 0. The summed E-state index contributed by atoms with van der Waals surface area (Å²) >= 11 is 0. The lowest BCUT2D eigenvalue weighted by Crippen LogP contribution is -2.27. The Balaban J connectivity index is 2.87. The lowest BCUT2D eigenvalue weighted by Gasteiger charge is -1.89. The standard InChI is InChI=1S/C7H9N4/c1-10-3-6-7(8-4-10)9-5-11(6)2/h3-5H,1-2H3/q+1. The van der Waals surface area contributed by atoms with Gasteiger partial charge in [-0.15, -0.1) is 0 Å². The highest BCUT2D eigenvalue weighted by Crippen LogP contribution is 2.02. The Morgan fingerprint density at radius 2 is 2.27 bits per heavy atom. The Bertz CT molecular complexity index is 390. The smallest absolute Gasteiger partial charge is 0.295 e. The van der Waals surface area contributed by atoms with Crippen molar-refractivity contribution in [1.82, 2.24) is 14.5 Å². The van der Waals surface area contributed by atoms with Crippen molar-refractivity contribution in [2.24, 2.45) is 14.1 Å². The van der Waals surface area contributed by atoms with Gasteiger partial charge in [0.1, 0.15) is 6.20 Å². The van der Waals surface area contributed by atoms with Crippen LogP contribution in [0, 0.1) is 0 Å². The first-order valence-corrected chi connectivity index (χ1v) is 3.39. The van der Waals surface area contributed by atoms with Crippen LogP contribution < -0.4 is 4.57 Å². The van der Waals surface area contributed by atoms with Gasteiger partial charge in [-0.1, -0.05) is 0 Å². The quantitative estimate of drug-likeness (QED) is 0.486. The highest BCUT2D eigenvalue weighted by molar-refractivity contribution is 5.67. The molecule has 0 aliphatic rings. The third kappa shape index (κ3) is 0.869. The van der Waals surface area contributed by atoms with E-state index in [2.05, 4.69) is 9.97 Å². The Morgan fingerprint density at radius 3 is 3.09 bits per heavy atom. The lowest BCUT2D eigenvalue weighted by molar-refractivity contribution is -0.673. The van der Waals surface area contributed by atoms with Gasteiger partial charge >= 0.3 is 0 Å². The topological polar surface area (TPSA) is 34.6 Å². The van der Waals surface area contributed by atoms with Crippen molar-refractivity contribution in [1.29, 1.82) is 0 Å². The van der Waals surface area contributed by atoms with Crippen LogP contribution in [0.4, 0.5) is 0 Å². The van der Waals surface area contributed by atoms with Crippen LogP contribution in [0.25, 0.3) is 11.2 Å². The summed E-state index contributed by atoms with van der Waals surface area (Å²) in [4.78, 5) is 8.23. The molecule has 2 aromatic heterocycles. The Hall–Kier alpha value is -1.45. The third-order valence-corrected chi connectivity index (χ3v) is 1.65. The molecule has 0 amide bonds. The predicted molar refractivity (Wildman–Crippen MR) is 39.7 cm³/mol. The lowest BCUT2D eigenvalue weighted by atomic mass is 10.5. The second-order valence-electron chi connectivity index (χ2n) is 2.60. The van der Waals surface area contributed by atoms with Gasteiger partial charge in [0.25, 0.3) is 12.0 Å². The second kappa shape index (κ2) is 2.02. The maximum absolute atomic E-state index is 4.13. The van der Waals surface area contributed by atoms with Crippen molar-refractivity contribution in [2.75, 3.05) is 0 Å². The molecule has 2 aromatic rings. The molecule has 0 aromatic carbocycles. The SMILES string of the molecule is Cn1cnc2nc[n+](C)cc21. The number of fused-ring (bicyclic) bond motifs is 1. The molecule has 0 atom stereocenters. The molecule has 56 valence electrons. The fourth-order valence-corrected chi connectivity index (χ4v) is 1.05. The molecule has 2 rings (SSSR count). The first-order chi connectivity index (χ1) is 5.27. The van der Waals surface area contributed by atoms with E-state index in [0.717, 1.165) is 11.2 Å². The molecule has 0 fully saturated rings. The zero-order chi connectivity index (χ0) is 7.84. The van der Waals surface area contributed by atoms with Crippen LogP contribution in [0.2, 0.25) is 0 Å². The number of aromatic nitrogens is 4. The fraction of sp³-hybridized carbons (Fsp3) is 0.286. The summed E-state index contributed by atoms with van der Waals surface area (Å²) in [5, 5.41) is 0. The number of imidazole rings is 1. The van der Waals surface area contributed by atoms with E-state index in [-0.39, 0.29) is 0 Å². The van der Waals surface area contributed by atoms with Crippen molar-refractivity contribution >= 4 is 11.2 Å². The first-order valence-electron chi connectivity index (χ1n) is 3.39. The highest BCUT2D eigenvalue weighted by atomic mass is 15.1. The van der Waals surface area contributed by atoms with Gasteiger partial charge in [-0.25, -0.2) is 4.57 Å². The molecule has 11 heavy (non-hydrogen) atoms. The highest BCUT2D eigenvalue weighted by Gasteiger charge is 2.05. The van der Waals surface area contributed by atoms with Gasteiger partial charge in [-0.3, -0.25) is 0 Å². The van der Waals surface area contributed by atoms with Crippen LogP contribution in [-0.4, -0.2) is 14.5 Å². The van der Waals surface area contributed by atoms with E-state index in [1.54, 1.807) is 12.7 Å². The number of rotatable bonds is 0. The summed E-state index contributed by atoms with van der Waals surface area (Å²) < 4.78 is 3.85. The van der Waals surface area contributed by atoms with Crippen LogP contribution in [0.1, 0.15) is 0 Å². The molecule has 0 radical (unpaired) electrons. The van der Waals surface area contributed by atoms with Crippen molar-refractivity contribution in [2.45, 2.75) is 0 Å². The number of nitrogens with zero attached hydrogens (tertiary/aromatic N) is 4. The minimum Gasteiger partial charge on any atom is -0.327 e. The maximum atomic E-state index is 4.13. The molecule has 0 saturated carbocycles. The minimum atomic E-state index is 0.797. The normalized spacial score (nSPS) is 10.7. The molecule has 0 N–H and O–H groups in total. The van der Waals surface area contributed by atoms with E-state index < -0.39 is 0 Å². The van der Waals surface area contributed by atoms with Gasteiger partial charge < -0.3 is 4.57 Å². The van der Waals surface area contributed by atoms with Crippen LogP contribution >= 0.6 is 0 Å². The average molecular weight is 149 g/mol. The van der Waals surface area contributed by atoms with Gasteiger partial charge in [0, 0.05) is 7.05 Å². The molecule has 4 nitrogen and oxygen atoms in total.